The fraction of sp³-hybridized carbons (Fsp3) is 0.400. The fourth-order valence-corrected chi connectivity index (χ4v) is 2.72. The Morgan fingerprint density at radius 2 is 2.19 bits per heavy atom. The molecule has 1 fully saturated rings. The van der Waals surface area contributed by atoms with Crippen molar-refractivity contribution in [2.45, 2.75) is 19.3 Å². The number of rotatable bonds is 5. The maximum absolute atomic E-state index is 6.21. The van der Waals surface area contributed by atoms with Gasteiger partial charge in [-0.1, -0.05) is 41.4 Å². The zero-order valence-electron chi connectivity index (χ0n) is 11.9. The topological polar surface area (TPSA) is 50.4 Å². The Hall–Kier alpha value is -0.460. The van der Waals surface area contributed by atoms with E-state index in [1.54, 1.807) is 6.07 Å². The van der Waals surface area contributed by atoms with Gasteiger partial charge in [0.1, 0.15) is 0 Å². The summed E-state index contributed by atoms with van der Waals surface area (Å²) in [6, 6.07) is 5.69. The first-order valence-electron chi connectivity index (χ1n) is 6.60. The molecule has 1 aliphatic rings. The number of hydrogen-bond donors (Lipinski definition) is 2. The van der Waals surface area contributed by atoms with Gasteiger partial charge in [0.25, 0.3) is 0 Å². The van der Waals surface area contributed by atoms with Gasteiger partial charge in [0.05, 0.1) is 6.54 Å². The molecule has 2 atom stereocenters. The van der Waals surface area contributed by atoms with Gasteiger partial charge in [0, 0.05) is 16.6 Å². The lowest BCUT2D eigenvalue weighted by atomic mass is 10.1. The second-order valence-corrected chi connectivity index (χ2v) is 6.15. The van der Waals surface area contributed by atoms with Crippen LogP contribution >= 0.6 is 47.2 Å². The molecule has 0 amide bonds. The van der Waals surface area contributed by atoms with Crippen LogP contribution in [0.4, 0.5) is 0 Å². The first-order chi connectivity index (χ1) is 9.47. The third-order valence-electron chi connectivity index (χ3n) is 3.35. The normalized spacial score (nSPS) is 20.6. The van der Waals surface area contributed by atoms with Crippen molar-refractivity contribution in [3.05, 3.63) is 46.0 Å². The lowest BCUT2D eigenvalue weighted by Crippen LogP contribution is -2.33. The van der Waals surface area contributed by atoms with Gasteiger partial charge in [-0.2, -0.15) is 0 Å². The molecule has 1 aliphatic carbocycles. The highest BCUT2D eigenvalue weighted by molar-refractivity contribution is 14.0. The summed E-state index contributed by atoms with van der Waals surface area (Å²) in [4.78, 5) is 4.19. The Labute approximate surface area is 153 Å². The molecule has 3 N–H and O–H groups in total. The number of nitrogens with zero attached hydrogens (tertiary/aromatic N) is 1. The van der Waals surface area contributed by atoms with Crippen molar-refractivity contribution in [1.82, 2.24) is 5.32 Å². The molecule has 1 aromatic rings. The smallest absolute Gasteiger partial charge is 0.188 e. The monoisotopic (exact) mass is 439 g/mol. The number of guanidine groups is 1. The van der Waals surface area contributed by atoms with Crippen molar-refractivity contribution in [1.29, 1.82) is 0 Å². The van der Waals surface area contributed by atoms with E-state index in [0.29, 0.717) is 29.4 Å². The van der Waals surface area contributed by atoms with Crippen LogP contribution in [-0.4, -0.2) is 19.0 Å². The predicted octanol–water partition coefficient (Wildman–Crippen LogP) is 4.20. The molecule has 0 saturated heterocycles. The van der Waals surface area contributed by atoms with Crippen LogP contribution in [0.1, 0.15) is 24.8 Å². The van der Waals surface area contributed by atoms with Crippen LogP contribution < -0.4 is 11.1 Å². The van der Waals surface area contributed by atoms with Crippen molar-refractivity contribution in [3.63, 3.8) is 0 Å². The Balaban J connectivity index is 0.00000220. The third-order valence-corrected chi connectivity index (χ3v) is 3.91. The highest BCUT2D eigenvalue weighted by Crippen LogP contribution is 2.49. The molecule has 1 aromatic carbocycles. The quantitative estimate of drug-likeness (QED) is 0.312. The second kappa shape index (κ2) is 8.25. The van der Waals surface area contributed by atoms with E-state index in [4.69, 9.17) is 28.9 Å². The molecular formula is C15H20Cl2IN3. The van der Waals surface area contributed by atoms with Crippen LogP contribution in [0.15, 0.2) is 35.3 Å². The largest absolute Gasteiger partial charge is 0.370 e. The lowest BCUT2D eigenvalue weighted by molar-refractivity contribution is 0.741. The summed E-state index contributed by atoms with van der Waals surface area (Å²) >= 11 is 12.1. The molecule has 21 heavy (non-hydrogen) atoms. The fourth-order valence-electron chi connectivity index (χ4n) is 2.17. The standard InChI is InChI=1S/C15H19Cl2N3.HI/c1-9(2)7-19-15(18)20-8-10-5-13(10)12-4-3-11(16)6-14(12)17;/h3-4,6,10,13H,1,5,7-8H2,2H3,(H3,18,19,20);1H. The molecule has 0 aliphatic heterocycles. The Bertz CT molecular complexity index is 546. The van der Waals surface area contributed by atoms with Gasteiger partial charge in [-0.3, -0.25) is 0 Å². The maximum atomic E-state index is 6.21. The summed E-state index contributed by atoms with van der Waals surface area (Å²) in [5.74, 6) is 1.51. The van der Waals surface area contributed by atoms with Gasteiger partial charge < -0.3 is 11.1 Å². The van der Waals surface area contributed by atoms with E-state index in [-0.39, 0.29) is 24.0 Å². The van der Waals surface area contributed by atoms with E-state index < -0.39 is 0 Å². The summed E-state index contributed by atoms with van der Waals surface area (Å²) in [6.45, 7) is 7.09. The third kappa shape index (κ3) is 5.68. The molecule has 1 saturated carbocycles. The van der Waals surface area contributed by atoms with Gasteiger partial charge in [0.15, 0.2) is 5.96 Å². The minimum absolute atomic E-state index is 0. The lowest BCUT2D eigenvalue weighted by Gasteiger charge is -2.07. The molecule has 3 nitrogen and oxygen atoms in total. The number of nitrogens with one attached hydrogen (secondary N) is 1. The molecule has 6 heteroatoms. The number of halogens is 3. The van der Waals surface area contributed by atoms with Crippen molar-refractivity contribution < 1.29 is 0 Å². The molecule has 0 aromatic heterocycles. The van der Waals surface area contributed by atoms with Crippen LogP contribution in [0.2, 0.25) is 10.0 Å². The second-order valence-electron chi connectivity index (χ2n) is 5.31. The molecule has 0 spiro atoms. The number of nitrogens with two attached hydrogens (primary N) is 1. The maximum Gasteiger partial charge on any atom is 0.188 e. The van der Waals surface area contributed by atoms with Gasteiger partial charge >= 0.3 is 0 Å². The zero-order valence-corrected chi connectivity index (χ0v) is 15.7. The SMILES string of the molecule is C=C(C)CN=C(N)NCC1CC1c1ccc(Cl)cc1Cl.I. The van der Waals surface area contributed by atoms with E-state index in [9.17, 15) is 0 Å². The van der Waals surface area contributed by atoms with Crippen molar-refractivity contribution in [2.75, 3.05) is 13.1 Å². The van der Waals surface area contributed by atoms with E-state index in [0.717, 1.165) is 23.6 Å². The van der Waals surface area contributed by atoms with Gasteiger partial charge in [-0.05, 0) is 42.9 Å². The Morgan fingerprint density at radius 1 is 1.48 bits per heavy atom. The highest BCUT2D eigenvalue weighted by Gasteiger charge is 2.39. The van der Waals surface area contributed by atoms with E-state index >= 15 is 0 Å². The highest BCUT2D eigenvalue weighted by atomic mass is 127. The Kier molecular flexibility index (Phi) is 7.30. The summed E-state index contributed by atoms with van der Waals surface area (Å²) in [5, 5.41) is 4.56. The van der Waals surface area contributed by atoms with Gasteiger partial charge in [-0.15, -0.1) is 24.0 Å². The van der Waals surface area contributed by atoms with Crippen LogP contribution in [0.3, 0.4) is 0 Å². The van der Waals surface area contributed by atoms with Crippen LogP contribution in [0.5, 0.6) is 0 Å². The number of benzene rings is 1. The van der Waals surface area contributed by atoms with Gasteiger partial charge in [0.2, 0.25) is 0 Å². The molecule has 0 heterocycles. The summed E-state index contributed by atoms with van der Waals surface area (Å²) in [5.41, 5.74) is 7.95. The first kappa shape index (κ1) is 18.6. The summed E-state index contributed by atoms with van der Waals surface area (Å²) in [6.07, 6.45) is 1.11. The van der Waals surface area contributed by atoms with Gasteiger partial charge in [-0.25, -0.2) is 4.99 Å². The van der Waals surface area contributed by atoms with Crippen LogP contribution in [0, 0.1) is 5.92 Å². The predicted molar refractivity (Wildman–Crippen MR) is 102 cm³/mol. The van der Waals surface area contributed by atoms with E-state index in [1.165, 1.54) is 5.56 Å². The summed E-state index contributed by atoms with van der Waals surface area (Å²) in [7, 11) is 0. The molecule has 0 radical (unpaired) electrons. The first-order valence-corrected chi connectivity index (χ1v) is 7.36. The van der Waals surface area contributed by atoms with Crippen molar-refractivity contribution in [3.8, 4) is 0 Å². The summed E-state index contributed by atoms with van der Waals surface area (Å²) < 4.78 is 0. The minimum atomic E-state index is 0. The molecular weight excluding hydrogens is 420 g/mol. The zero-order chi connectivity index (χ0) is 14.7. The minimum Gasteiger partial charge on any atom is -0.370 e. The van der Waals surface area contributed by atoms with E-state index in [1.807, 2.05) is 19.1 Å². The molecule has 2 rings (SSSR count). The van der Waals surface area contributed by atoms with E-state index in [2.05, 4.69) is 16.9 Å². The molecule has 2 unspecified atom stereocenters. The molecule has 0 bridgehead atoms. The average Bonchev–Trinajstić information content (AvgIpc) is 3.13. The number of hydrogen-bond acceptors (Lipinski definition) is 1. The van der Waals surface area contributed by atoms with Crippen molar-refractivity contribution >= 4 is 53.1 Å². The van der Waals surface area contributed by atoms with Crippen LogP contribution in [-0.2, 0) is 0 Å². The van der Waals surface area contributed by atoms with Crippen LogP contribution in [0.25, 0.3) is 0 Å². The average molecular weight is 440 g/mol. The van der Waals surface area contributed by atoms with Crippen molar-refractivity contribution in [2.24, 2.45) is 16.6 Å². The molecule has 116 valence electrons. The Morgan fingerprint density at radius 3 is 2.81 bits per heavy atom. The number of aliphatic imine (C=N–C) groups is 1.